The number of rotatable bonds is 10. The van der Waals surface area contributed by atoms with Crippen molar-refractivity contribution in [1.82, 2.24) is 9.80 Å². The molecule has 2 aliphatic rings. The van der Waals surface area contributed by atoms with E-state index in [0.29, 0.717) is 24.1 Å². The number of carbonyl (C=O) groups is 3. The number of carbonyl (C=O) groups excluding carboxylic acids is 2. The van der Waals surface area contributed by atoms with Crippen molar-refractivity contribution in [2.75, 3.05) is 20.3 Å². The number of likely N-dealkylation sites (tertiary alicyclic amines) is 1. The molecule has 2 aromatic rings. The predicted octanol–water partition coefficient (Wildman–Crippen LogP) is 5.35. The molecule has 1 heterocycles. The first kappa shape index (κ1) is 29.2. The highest BCUT2D eigenvalue weighted by atomic mass is 35.5. The van der Waals surface area contributed by atoms with E-state index in [1.54, 1.807) is 13.2 Å². The minimum absolute atomic E-state index is 0.0227. The molecular formula is C27H32ClFN2O7. The molecule has 11 heteroatoms. The molecule has 2 aromatic carbocycles. The largest absolute Gasteiger partial charge is 0.503 e. The molecule has 0 unspecified atom stereocenters. The van der Waals surface area contributed by atoms with Crippen LogP contribution >= 0.6 is 11.6 Å². The quantitative estimate of drug-likeness (QED) is 0.380. The van der Waals surface area contributed by atoms with Crippen molar-refractivity contribution in [3.63, 3.8) is 0 Å². The lowest BCUT2D eigenvalue weighted by Gasteiger charge is -2.41. The van der Waals surface area contributed by atoms with Gasteiger partial charge in [0.15, 0.2) is 11.5 Å². The summed E-state index contributed by atoms with van der Waals surface area (Å²) in [4.78, 5) is 35.7. The summed E-state index contributed by atoms with van der Waals surface area (Å²) >= 11 is 5.88. The van der Waals surface area contributed by atoms with Crippen LogP contribution in [0, 0.1) is 5.82 Å². The van der Waals surface area contributed by atoms with Crippen molar-refractivity contribution in [3.8, 4) is 11.5 Å². The summed E-state index contributed by atoms with van der Waals surface area (Å²) in [5, 5.41) is 14.1. The fourth-order valence-electron chi connectivity index (χ4n) is 4.52. The summed E-state index contributed by atoms with van der Waals surface area (Å²) in [6.07, 6.45) is 2.14. The second-order valence-corrected chi connectivity index (χ2v) is 9.57. The van der Waals surface area contributed by atoms with Crippen LogP contribution in [-0.2, 0) is 16.1 Å². The minimum atomic E-state index is -1.83. The van der Waals surface area contributed by atoms with Crippen molar-refractivity contribution in [1.29, 1.82) is 0 Å². The first-order chi connectivity index (χ1) is 18.1. The molecular weight excluding hydrogens is 519 g/mol. The van der Waals surface area contributed by atoms with E-state index in [4.69, 9.17) is 36.1 Å². The van der Waals surface area contributed by atoms with Gasteiger partial charge >= 0.3 is 6.16 Å². The number of benzene rings is 2. The molecule has 1 aliphatic carbocycles. The highest BCUT2D eigenvalue weighted by Gasteiger charge is 2.30. The average Bonchev–Trinajstić information content (AvgIpc) is 3.16. The van der Waals surface area contributed by atoms with Crippen molar-refractivity contribution < 1.29 is 38.5 Å². The Balaban J connectivity index is 0.000000934. The van der Waals surface area contributed by atoms with E-state index >= 15 is 0 Å². The molecule has 1 aliphatic heterocycles. The van der Waals surface area contributed by atoms with Gasteiger partial charge in [0.2, 0.25) is 11.8 Å². The zero-order valence-electron chi connectivity index (χ0n) is 21.4. The van der Waals surface area contributed by atoms with Crippen LogP contribution in [0.15, 0.2) is 36.4 Å². The SMILES string of the molecule is COc1cc(CN(C2CCC2)[C@H](C)c2ccc(Cl)c(F)c2)ccc1OCCN1C(=O)CCC1=O.O=C(O)O. The Morgan fingerprint density at radius 3 is 2.34 bits per heavy atom. The maximum atomic E-state index is 14.1. The van der Waals surface area contributed by atoms with Crippen LogP contribution in [0.3, 0.4) is 0 Å². The van der Waals surface area contributed by atoms with Crippen LogP contribution < -0.4 is 9.47 Å². The van der Waals surface area contributed by atoms with E-state index in [-0.39, 0.29) is 48.9 Å². The number of hydrogen-bond acceptors (Lipinski definition) is 6. The molecule has 9 nitrogen and oxygen atoms in total. The van der Waals surface area contributed by atoms with Crippen LogP contribution in [0.25, 0.3) is 0 Å². The van der Waals surface area contributed by atoms with Gasteiger partial charge in [0.25, 0.3) is 0 Å². The molecule has 2 N–H and O–H groups in total. The first-order valence-corrected chi connectivity index (χ1v) is 12.7. The number of ether oxygens (including phenoxy) is 2. The van der Waals surface area contributed by atoms with Gasteiger partial charge in [-0.3, -0.25) is 19.4 Å². The molecule has 0 aromatic heterocycles. The number of halogens is 2. The zero-order valence-corrected chi connectivity index (χ0v) is 22.1. The van der Waals surface area contributed by atoms with Gasteiger partial charge in [-0.05, 0) is 55.2 Å². The van der Waals surface area contributed by atoms with Crippen LogP contribution in [0.4, 0.5) is 9.18 Å². The Morgan fingerprint density at radius 2 is 1.79 bits per heavy atom. The molecule has 38 heavy (non-hydrogen) atoms. The van der Waals surface area contributed by atoms with E-state index in [0.717, 1.165) is 24.0 Å². The lowest BCUT2D eigenvalue weighted by Crippen LogP contribution is -2.41. The van der Waals surface area contributed by atoms with Gasteiger partial charge in [-0.2, -0.15) is 0 Å². The average molecular weight is 551 g/mol. The molecule has 0 spiro atoms. The Labute approximate surface area is 225 Å². The molecule has 0 bridgehead atoms. The van der Waals surface area contributed by atoms with E-state index in [9.17, 15) is 14.0 Å². The Bertz CT molecular complexity index is 1140. The molecule has 1 saturated carbocycles. The Hall–Kier alpha value is -3.37. The van der Waals surface area contributed by atoms with Crippen molar-refractivity contribution in [2.45, 2.75) is 57.7 Å². The summed E-state index contributed by atoms with van der Waals surface area (Å²) in [5.41, 5.74) is 1.95. The maximum absolute atomic E-state index is 14.1. The van der Waals surface area contributed by atoms with Gasteiger partial charge in [-0.15, -0.1) is 0 Å². The highest BCUT2D eigenvalue weighted by molar-refractivity contribution is 6.30. The van der Waals surface area contributed by atoms with E-state index < -0.39 is 12.0 Å². The molecule has 2 fully saturated rings. The van der Waals surface area contributed by atoms with Gasteiger partial charge in [0.1, 0.15) is 12.4 Å². The van der Waals surface area contributed by atoms with Crippen LogP contribution in [0.2, 0.25) is 5.02 Å². The third-order valence-electron chi connectivity index (χ3n) is 6.79. The summed E-state index contributed by atoms with van der Waals surface area (Å²) in [6.45, 7) is 3.22. The Morgan fingerprint density at radius 1 is 1.13 bits per heavy atom. The smallest absolute Gasteiger partial charge is 0.493 e. The number of hydrogen-bond donors (Lipinski definition) is 2. The summed E-state index contributed by atoms with van der Waals surface area (Å²) in [6, 6.07) is 11.3. The van der Waals surface area contributed by atoms with Crippen molar-refractivity contribution in [3.05, 3.63) is 58.4 Å². The van der Waals surface area contributed by atoms with E-state index in [2.05, 4.69) is 11.8 Å². The number of amides is 2. The topological polar surface area (TPSA) is 117 Å². The monoisotopic (exact) mass is 550 g/mol. The lowest BCUT2D eigenvalue weighted by molar-refractivity contribution is -0.138. The molecule has 206 valence electrons. The lowest BCUT2D eigenvalue weighted by atomic mass is 9.89. The number of nitrogens with zero attached hydrogens (tertiary/aromatic N) is 2. The first-order valence-electron chi connectivity index (χ1n) is 12.4. The van der Waals surface area contributed by atoms with E-state index in [1.165, 1.54) is 17.4 Å². The maximum Gasteiger partial charge on any atom is 0.503 e. The zero-order chi connectivity index (χ0) is 27.8. The molecule has 4 rings (SSSR count). The van der Waals surface area contributed by atoms with Gasteiger partial charge in [0, 0.05) is 31.5 Å². The molecule has 2 amide bonds. The molecule has 1 atom stereocenters. The van der Waals surface area contributed by atoms with Crippen LogP contribution in [0.1, 0.15) is 56.2 Å². The van der Waals surface area contributed by atoms with Crippen LogP contribution in [-0.4, -0.2) is 64.3 Å². The normalized spacial score (nSPS) is 16.1. The standard InChI is InChI=1S/C26H30ClFN2O4.CH2O3/c1-17(19-7-8-21(27)22(28)15-19)30(20-4-3-5-20)16-18-6-9-23(24(14-18)33-2)34-13-12-29-25(31)10-11-26(29)32;2-1(3)4/h6-9,14-15,17,20H,3-5,10-13,16H2,1-2H3;(H2,2,3,4)/t17-;/m1./s1. The molecule has 0 radical (unpaired) electrons. The predicted molar refractivity (Wildman–Crippen MR) is 138 cm³/mol. The van der Waals surface area contributed by atoms with E-state index in [1.807, 2.05) is 24.3 Å². The van der Waals surface area contributed by atoms with Crippen LogP contribution in [0.5, 0.6) is 11.5 Å². The van der Waals surface area contributed by atoms with Gasteiger partial charge in [-0.1, -0.05) is 30.2 Å². The summed E-state index contributed by atoms with van der Waals surface area (Å²) in [5.74, 6) is 0.451. The number of imide groups is 1. The van der Waals surface area contributed by atoms with Gasteiger partial charge < -0.3 is 19.7 Å². The number of methoxy groups -OCH3 is 1. The summed E-state index contributed by atoms with van der Waals surface area (Å²) in [7, 11) is 1.59. The Kier molecular flexibility index (Phi) is 10.3. The second kappa shape index (κ2) is 13.4. The fourth-order valence-corrected chi connectivity index (χ4v) is 4.64. The van der Waals surface area contributed by atoms with Gasteiger partial charge in [0.05, 0.1) is 18.7 Å². The highest BCUT2D eigenvalue weighted by Crippen LogP contribution is 2.36. The minimum Gasteiger partial charge on any atom is -0.493 e. The van der Waals surface area contributed by atoms with Gasteiger partial charge in [-0.25, -0.2) is 9.18 Å². The second-order valence-electron chi connectivity index (χ2n) is 9.16. The molecule has 1 saturated heterocycles. The third-order valence-corrected chi connectivity index (χ3v) is 7.09. The number of carboxylic acid groups (broad SMARTS) is 2. The van der Waals surface area contributed by atoms with Crippen molar-refractivity contribution >= 4 is 29.6 Å². The fraction of sp³-hybridized carbons (Fsp3) is 0.444. The van der Waals surface area contributed by atoms with Crippen molar-refractivity contribution in [2.24, 2.45) is 0 Å². The third kappa shape index (κ3) is 7.58. The summed E-state index contributed by atoms with van der Waals surface area (Å²) < 4.78 is 25.5.